The maximum absolute atomic E-state index is 12.5. The van der Waals surface area contributed by atoms with Crippen LogP contribution in [0.25, 0.3) is 11.3 Å². The molecule has 0 aliphatic rings. The molecule has 0 spiro atoms. The van der Waals surface area contributed by atoms with Gasteiger partial charge < -0.3 is 14.3 Å². The van der Waals surface area contributed by atoms with E-state index in [-0.39, 0.29) is 17.1 Å². The number of benzene rings is 2. The number of methoxy groups -OCH3 is 1. The number of phenols is 1. The van der Waals surface area contributed by atoms with Gasteiger partial charge in [0.05, 0.1) is 7.11 Å². The number of aryl methyl sites for hydroxylation is 2. The van der Waals surface area contributed by atoms with Crippen molar-refractivity contribution in [3.63, 3.8) is 0 Å². The van der Waals surface area contributed by atoms with Crippen LogP contribution >= 0.6 is 0 Å². The average molecular weight is 406 g/mol. The van der Waals surface area contributed by atoms with Crippen LogP contribution in [-0.2, 0) is 17.6 Å². The highest BCUT2D eigenvalue weighted by Gasteiger charge is 2.15. The molecule has 0 bridgehead atoms. The molecule has 0 radical (unpaired) electrons. The Morgan fingerprint density at radius 1 is 1.00 bits per heavy atom. The molecule has 1 aromatic heterocycles. The van der Waals surface area contributed by atoms with Gasteiger partial charge in [-0.15, -0.1) is 0 Å². The van der Waals surface area contributed by atoms with Crippen LogP contribution in [0.4, 0.5) is 0 Å². The SMILES string of the molecule is CCCCc1ccc(C(=O)CCc2ccc(-c3ccc(O)c(C(=O)OC)c3)o2)cc1. The van der Waals surface area contributed by atoms with Gasteiger partial charge >= 0.3 is 5.97 Å². The number of hydrogen-bond donors (Lipinski definition) is 1. The molecule has 0 amide bonds. The second-order valence-electron chi connectivity index (χ2n) is 7.21. The van der Waals surface area contributed by atoms with E-state index in [1.165, 1.54) is 24.8 Å². The summed E-state index contributed by atoms with van der Waals surface area (Å²) in [4.78, 5) is 24.2. The Bertz CT molecular complexity index is 1010. The van der Waals surface area contributed by atoms with Crippen molar-refractivity contribution in [2.45, 2.75) is 39.0 Å². The Labute approximate surface area is 176 Å². The lowest BCUT2D eigenvalue weighted by atomic mass is 10.0. The van der Waals surface area contributed by atoms with Crippen LogP contribution in [0.5, 0.6) is 5.75 Å². The van der Waals surface area contributed by atoms with Crippen molar-refractivity contribution >= 4 is 11.8 Å². The minimum absolute atomic E-state index is 0.0745. The maximum atomic E-state index is 12.5. The zero-order valence-electron chi connectivity index (χ0n) is 17.3. The minimum Gasteiger partial charge on any atom is -0.507 e. The summed E-state index contributed by atoms with van der Waals surface area (Å²) in [5.41, 5.74) is 2.69. The first kappa shape index (κ1) is 21.4. The van der Waals surface area contributed by atoms with Gasteiger partial charge in [-0.1, -0.05) is 37.6 Å². The Hall–Kier alpha value is -3.34. The number of hydrogen-bond acceptors (Lipinski definition) is 5. The number of Topliss-reactive ketones (excluding diaryl/α,β-unsaturated/α-hetero) is 1. The van der Waals surface area contributed by atoms with Crippen molar-refractivity contribution in [2.75, 3.05) is 7.11 Å². The van der Waals surface area contributed by atoms with E-state index in [0.717, 1.165) is 19.3 Å². The lowest BCUT2D eigenvalue weighted by molar-refractivity contribution is 0.0597. The van der Waals surface area contributed by atoms with E-state index in [9.17, 15) is 14.7 Å². The summed E-state index contributed by atoms with van der Waals surface area (Å²) >= 11 is 0. The lowest BCUT2D eigenvalue weighted by Crippen LogP contribution is -2.01. The Morgan fingerprint density at radius 3 is 2.47 bits per heavy atom. The largest absolute Gasteiger partial charge is 0.507 e. The van der Waals surface area contributed by atoms with Gasteiger partial charge in [0.25, 0.3) is 0 Å². The highest BCUT2D eigenvalue weighted by atomic mass is 16.5. The summed E-state index contributed by atoms with van der Waals surface area (Å²) in [5.74, 6) is 0.553. The van der Waals surface area contributed by atoms with Gasteiger partial charge in [0.15, 0.2) is 5.78 Å². The number of rotatable bonds is 9. The van der Waals surface area contributed by atoms with Crippen molar-refractivity contribution in [2.24, 2.45) is 0 Å². The Balaban J connectivity index is 1.63. The fourth-order valence-electron chi connectivity index (χ4n) is 3.25. The number of carbonyl (C=O) groups is 2. The van der Waals surface area contributed by atoms with Gasteiger partial charge in [0.1, 0.15) is 22.8 Å². The minimum atomic E-state index is -0.618. The first-order valence-electron chi connectivity index (χ1n) is 10.1. The number of carbonyl (C=O) groups excluding carboxylic acids is 2. The Morgan fingerprint density at radius 2 is 1.77 bits per heavy atom. The molecule has 30 heavy (non-hydrogen) atoms. The quantitative estimate of drug-likeness (QED) is 0.370. The summed E-state index contributed by atoms with van der Waals surface area (Å²) in [5, 5.41) is 9.83. The number of ketones is 1. The van der Waals surface area contributed by atoms with Crippen LogP contribution in [0.15, 0.2) is 59.0 Å². The summed E-state index contributed by atoms with van der Waals surface area (Å²) in [6, 6.07) is 16.1. The second-order valence-corrected chi connectivity index (χ2v) is 7.21. The summed E-state index contributed by atoms with van der Waals surface area (Å²) in [7, 11) is 1.26. The molecule has 3 rings (SSSR count). The van der Waals surface area contributed by atoms with Gasteiger partial charge in [0.2, 0.25) is 0 Å². The van der Waals surface area contributed by atoms with Crippen LogP contribution in [0, 0.1) is 0 Å². The number of unbranched alkanes of at least 4 members (excludes halogenated alkanes) is 1. The van der Waals surface area contributed by atoms with Crippen molar-refractivity contribution in [1.82, 2.24) is 0 Å². The van der Waals surface area contributed by atoms with Crippen molar-refractivity contribution in [1.29, 1.82) is 0 Å². The molecule has 5 nitrogen and oxygen atoms in total. The van der Waals surface area contributed by atoms with Crippen LogP contribution < -0.4 is 0 Å². The third-order valence-electron chi connectivity index (χ3n) is 5.04. The second kappa shape index (κ2) is 9.92. The van der Waals surface area contributed by atoms with E-state index in [2.05, 4.69) is 11.7 Å². The van der Waals surface area contributed by atoms with Crippen LogP contribution in [0.3, 0.4) is 0 Å². The maximum Gasteiger partial charge on any atom is 0.341 e. The number of aromatic hydroxyl groups is 1. The predicted octanol–water partition coefficient (Wildman–Crippen LogP) is 5.60. The normalized spacial score (nSPS) is 10.7. The number of phenolic OH excluding ortho intramolecular Hbond substituents is 1. The predicted molar refractivity (Wildman–Crippen MR) is 115 cm³/mol. The number of furan rings is 1. The molecule has 3 aromatic rings. The van der Waals surface area contributed by atoms with Gasteiger partial charge in [0, 0.05) is 24.0 Å². The van der Waals surface area contributed by atoms with Crippen LogP contribution in [0.2, 0.25) is 0 Å². The van der Waals surface area contributed by atoms with Crippen molar-refractivity contribution in [3.05, 3.63) is 77.0 Å². The highest BCUT2D eigenvalue weighted by Crippen LogP contribution is 2.28. The van der Waals surface area contributed by atoms with E-state index < -0.39 is 5.97 Å². The van der Waals surface area contributed by atoms with Gasteiger partial charge in [-0.05, 0) is 48.7 Å². The number of esters is 1. The molecule has 5 heteroatoms. The monoisotopic (exact) mass is 406 g/mol. The van der Waals surface area contributed by atoms with E-state index >= 15 is 0 Å². The smallest absolute Gasteiger partial charge is 0.341 e. The van der Waals surface area contributed by atoms with E-state index in [1.807, 2.05) is 30.3 Å². The van der Waals surface area contributed by atoms with Crippen molar-refractivity contribution in [3.8, 4) is 17.1 Å². The van der Waals surface area contributed by atoms with Gasteiger partial charge in [-0.25, -0.2) is 4.79 Å². The molecule has 0 fully saturated rings. The molecule has 156 valence electrons. The molecule has 2 aromatic carbocycles. The standard InChI is InChI=1S/C25H26O5/c1-3-4-5-17-6-8-18(9-7-17)22(26)14-11-20-12-15-24(30-20)19-10-13-23(27)21(16-19)25(28)29-2/h6-10,12-13,15-16,27H,3-5,11,14H2,1-2H3. The zero-order valence-corrected chi connectivity index (χ0v) is 17.3. The topological polar surface area (TPSA) is 76.7 Å². The van der Waals surface area contributed by atoms with Crippen molar-refractivity contribution < 1.29 is 23.8 Å². The summed E-state index contributed by atoms with van der Waals surface area (Å²) in [6.07, 6.45) is 4.17. The lowest BCUT2D eigenvalue weighted by Gasteiger charge is -2.05. The molecule has 0 unspecified atom stereocenters. The molecular weight excluding hydrogens is 380 g/mol. The molecule has 0 aliphatic carbocycles. The molecule has 0 saturated heterocycles. The van der Waals surface area contributed by atoms with E-state index in [1.54, 1.807) is 12.1 Å². The molecule has 1 heterocycles. The summed E-state index contributed by atoms with van der Waals surface area (Å²) in [6.45, 7) is 2.16. The molecule has 0 saturated carbocycles. The molecular formula is C25H26O5. The fraction of sp³-hybridized carbons (Fsp3) is 0.280. The van der Waals surface area contributed by atoms with Gasteiger partial charge in [-0.3, -0.25) is 4.79 Å². The van der Waals surface area contributed by atoms with Crippen LogP contribution in [0.1, 0.15) is 58.2 Å². The molecule has 1 N–H and O–H groups in total. The third kappa shape index (κ3) is 5.17. The van der Waals surface area contributed by atoms with E-state index in [4.69, 9.17) is 4.42 Å². The Kier molecular flexibility index (Phi) is 7.07. The number of ether oxygens (including phenoxy) is 1. The molecule has 0 aliphatic heterocycles. The van der Waals surface area contributed by atoms with Gasteiger partial charge in [-0.2, -0.15) is 0 Å². The zero-order chi connectivity index (χ0) is 21.5. The first-order valence-corrected chi connectivity index (χ1v) is 10.1. The van der Waals surface area contributed by atoms with Crippen LogP contribution in [-0.4, -0.2) is 24.0 Å². The highest BCUT2D eigenvalue weighted by molar-refractivity contribution is 5.96. The average Bonchev–Trinajstić information content (AvgIpc) is 3.25. The third-order valence-corrected chi connectivity index (χ3v) is 5.04. The first-order chi connectivity index (χ1) is 14.5. The van der Waals surface area contributed by atoms with E-state index in [0.29, 0.717) is 35.5 Å². The fourth-order valence-corrected chi connectivity index (χ4v) is 3.25. The molecule has 0 atom stereocenters. The summed E-state index contributed by atoms with van der Waals surface area (Å²) < 4.78 is 10.5.